The molecule has 1 rings (SSSR count). The van der Waals surface area contributed by atoms with Gasteiger partial charge in [0.25, 0.3) is 0 Å². The standard InChI is InChI=1S/C11H21BrO2S/c1-2-3-4-5-6-11(12)10-7-8-15(13,14)9-10/h10-11H,2-9H2,1H3. The molecular weight excluding hydrogens is 276 g/mol. The minimum absolute atomic E-state index is 0.358. The zero-order valence-electron chi connectivity index (χ0n) is 9.41. The lowest BCUT2D eigenvalue weighted by Gasteiger charge is -2.15. The van der Waals surface area contributed by atoms with Gasteiger partial charge in [-0.05, 0) is 18.8 Å². The zero-order chi connectivity index (χ0) is 11.3. The Morgan fingerprint density at radius 1 is 1.33 bits per heavy atom. The zero-order valence-corrected chi connectivity index (χ0v) is 11.8. The van der Waals surface area contributed by atoms with E-state index in [4.69, 9.17) is 0 Å². The van der Waals surface area contributed by atoms with Gasteiger partial charge < -0.3 is 0 Å². The van der Waals surface area contributed by atoms with E-state index in [1.807, 2.05) is 0 Å². The van der Waals surface area contributed by atoms with Crippen molar-refractivity contribution in [2.45, 2.75) is 50.3 Å². The van der Waals surface area contributed by atoms with E-state index in [0.29, 0.717) is 22.3 Å². The predicted molar refractivity (Wildman–Crippen MR) is 68.2 cm³/mol. The van der Waals surface area contributed by atoms with Crippen molar-refractivity contribution in [3.8, 4) is 0 Å². The van der Waals surface area contributed by atoms with Gasteiger partial charge in [0.15, 0.2) is 9.84 Å². The van der Waals surface area contributed by atoms with Crippen molar-refractivity contribution >= 4 is 25.8 Å². The van der Waals surface area contributed by atoms with E-state index >= 15 is 0 Å². The monoisotopic (exact) mass is 296 g/mol. The van der Waals surface area contributed by atoms with Crippen LogP contribution in [0.2, 0.25) is 0 Å². The first kappa shape index (κ1) is 13.5. The van der Waals surface area contributed by atoms with Crippen LogP contribution in [0.5, 0.6) is 0 Å². The third kappa shape index (κ3) is 4.85. The molecule has 2 atom stereocenters. The van der Waals surface area contributed by atoms with Crippen molar-refractivity contribution in [2.24, 2.45) is 5.92 Å². The fraction of sp³-hybridized carbons (Fsp3) is 1.00. The molecule has 0 amide bonds. The first-order valence-electron chi connectivity index (χ1n) is 5.89. The predicted octanol–water partition coefficient (Wildman–Crippen LogP) is 3.16. The highest BCUT2D eigenvalue weighted by Gasteiger charge is 2.31. The van der Waals surface area contributed by atoms with Gasteiger partial charge in [-0.15, -0.1) is 0 Å². The molecule has 0 aliphatic carbocycles. The van der Waals surface area contributed by atoms with Crippen LogP contribution in [0.15, 0.2) is 0 Å². The van der Waals surface area contributed by atoms with Crippen molar-refractivity contribution in [1.29, 1.82) is 0 Å². The maximum absolute atomic E-state index is 11.3. The Kier molecular flexibility index (Phi) is 5.61. The van der Waals surface area contributed by atoms with Crippen LogP contribution >= 0.6 is 15.9 Å². The molecule has 0 aromatic heterocycles. The van der Waals surface area contributed by atoms with E-state index in [-0.39, 0.29) is 0 Å². The van der Waals surface area contributed by atoms with Crippen LogP contribution in [0.4, 0.5) is 0 Å². The molecule has 1 saturated heterocycles. The van der Waals surface area contributed by atoms with Crippen molar-refractivity contribution in [1.82, 2.24) is 0 Å². The Morgan fingerprint density at radius 2 is 2.07 bits per heavy atom. The summed E-state index contributed by atoms with van der Waals surface area (Å²) in [4.78, 5) is 0.409. The molecule has 1 heterocycles. The molecular formula is C11H21BrO2S. The lowest BCUT2D eigenvalue weighted by molar-refractivity contribution is 0.513. The summed E-state index contributed by atoms with van der Waals surface area (Å²) in [7, 11) is -2.71. The molecule has 90 valence electrons. The minimum atomic E-state index is -2.71. The first-order valence-corrected chi connectivity index (χ1v) is 8.63. The highest BCUT2D eigenvalue weighted by Crippen LogP contribution is 2.29. The highest BCUT2D eigenvalue weighted by atomic mass is 79.9. The first-order chi connectivity index (χ1) is 7.05. The van der Waals surface area contributed by atoms with E-state index in [2.05, 4.69) is 22.9 Å². The van der Waals surface area contributed by atoms with Crippen LogP contribution in [0, 0.1) is 5.92 Å². The van der Waals surface area contributed by atoms with Gasteiger partial charge in [0.1, 0.15) is 0 Å². The van der Waals surface area contributed by atoms with Crippen molar-refractivity contribution in [2.75, 3.05) is 11.5 Å². The number of halogens is 1. The summed E-state index contributed by atoms with van der Waals surface area (Å²) in [5, 5.41) is 0. The number of unbranched alkanes of at least 4 members (excludes halogenated alkanes) is 3. The van der Waals surface area contributed by atoms with Gasteiger partial charge in [-0.2, -0.15) is 0 Å². The molecule has 2 unspecified atom stereocenters. The molecule has 0 bridgehead atoms. The number of alkyl halides is 1. The van der Waals surface area contributed by atoms with Gasteiger partial charge in [-0.1, -0.05) is 48.5 Å². The number of hydrogen-bond acceptors (Lipinski definition) is 2. The SMILES string of the molecule is CCCCCCC(Br)C1CCS(=O)(=O)C1. The van der Waals surface area contributed by atoms with Gasteiger partial charge in [0.2, 0.25) is 0 Å². The van der Waals surface area contributed by atoms with E-state index in [0.717, 1.165) is 12.8 Å². The smallest absolute Gasteiger partial charge is 0.150 e. The van der Waals surface area contributed by atoms with Crippen molar-refractivity contribution < 1.29 is 8.42 Å². The lowest BCUT2D eigenvalue weighted by atomic mass is 10.00. The van der Waals surface area contributed by atoms with Crippen molar-refractivity contribution in [3.05, 3.63) is 0 Å². The molecule has 0 spiro atoms. The van der Waals surface area contributed by atoms with Gasteiger partial charge >= 0.3 is 0 Å². The van der Waals surface area contributed by atoms with Crippen molar-refractivity contribution in [3.63, 3.8) is 0 Å². The van der Waals surface area contributed by atoms with Gasteiger partial charge in [0.05, 0.1) is 11.5 Å². The molecule has 4 heteroatoms. The third-order valence-electron chi connectivity index (χ3n) is 3.11. The van der Waals surface area contributed by atoms with E-state index in [1.54, 1.807) is 0 Å². The summed E-state index contributed by atoms with van der Waals surface area (Å²) in [5.74, 6) is 1.16. The Labute approximate surface area is 102 Å². The van der Waals surface area contributed by atoms with Gasteiger partial charge in [-0.3, -0.25) is 0 Å². The maximum Gasteiger partial charge on any atom is 0.150 e. The van der Waals surface area contributed by atoms with Crippen LogP contribution in [0.1, 0.15) is 45.4 Å². The number of rotatable bonds is 6. The second-order valence-electron chi connectivity index (χ2n) is 4.53. The second-order valence-corrected chi connectivity index (χ2v) is 7.93. The topological polar surface area (TPSA) is 34.1 Å². The molecule has 0 saturated carbocycles. The maximum atomic E-state index is 11.3. The molecule has 0 radical (unpaired) electrons. The molecule has 0 N–H and O–H groups in total. The molecule has 1 aliphatic rings. The van der Waals surface area contributed by atoms with Gasteiger partial charge in [-0.25, -0.2) is 8.42 Å². The van der Waals surface area contributed by atoms with E-state index < -0.39 is 9.84 Å². The molecule has 0 aromatic rings. The molecule has 0 aromatic carbocycles. The second kappa shape index (κ2) is 6.24. The minimum Gasteiger partial charge on any atom is -0.229 e. The largest absolute Gasteiger partial charge is 0.229 e. The Morgan fingerprint density at radius 3 is 2.60 bits per heavy atom. The summed E-state index contributed by atoms with van der Waals surface area (Å²) >= 11 is 3.64. The average molecular weight is 297 g/mol. The summed E-state index contributed by atoms with van der Waals surface area (Å²) in [6.45, 7) is 2.20. The Balaban J connectivity index is 2.21. The van der Waals surface area contributed by atoms with Crippen LogP contribution in [-0.2, 0) is 9.84 Å². The summed E-state index contributed by atoms with van der Waals surface area (Å²) in [6.07, 6.45) is 7.03. The molecule has 1 fully saturated rings. The Hall–Kier alpha value is 0.430. The highest BCUT2D eigenvalue weighted by molar-refractivity contribution is 9.09. The quantitative estimate of drug-likeness (QED) is 0.557. The lowest BCUT2D eigenvalue weighted by Crippen LogP contribution is -2.15. The van der Waals surface area contributed by atoms with E-state index in [9.17, 15) is 8.42 Å². The average Bonchev–Trinajstić information content (AvgIpc) is 2.53. The number of sulfone groups is 1. The van der Waals surface area contributed by atoms with Crippen LogP contribution in [0.25, 0.3) is 0 Å². The molecule has 1 aliphatic heterocycles. The Bertz CT molecular complexity index is 274. The van der Waals surface area contributed by atoms with Crippen LogP contribution in [0.3, 0.4) is 0 Å². The molecule has 15 heavy (non-hydrogen) atoms. The fourth-order valence-corrected chi connectivity index (χ4v) is 5.01. The van der Waals surface area contributed by atoms with Crippen LogP contribution < -0.4 is 0 Å². The molecule has 2 nitrogen and oxygen atoms in total. The summed E-state index contributed by atoms with van der Waals surface area (Å²) in [5.41, 5.74) is 0. The summed E-state index contributed by atoms with van der Waals surface area (Å²) < 4.78 is 22.6. The van der Waals surface area contributed by atoms with Gasteiger partial charge in [0, 0.05) is 4.83 Å². The summed E-state index contributed by atoms with van der Waals surface area (Å²) in [6, 6.07) is 0. The third-order valence-corrected chi connectivity index (χ3v) is 6.11. The number of hydrogen-bond donors (Lipinski definition) is 0. The van der Waals surface area contributed by atoms with Crippen LogP contribution in [-0.4, -0.2) is 24.8 Å². The normalized spacial score (nSPS) is 26.7. The van der Waals surface area contributed by atoms with E-state index in [1.165, 1.54) is 25.7 Å². The fourth-order valence-electron chi connectivity index (χ4n) is 2.11.